The maximum atomic E-state index is 14.7. The van der Waals surface area contributed by atoms with Gasteiger partial charge in [0, 0.05) is 112 Å². The molecule has 0 radical (unpaired) electrons. The first kappa shape index (κ1) is 102. The van der Waals surface area contributed by atoms with Crippen LogP contribution in [-0.2, 0) is 14.4 Å². The summed E-state index contributed by atoms with van der Waals surface area (Å²) < 4.78 is 134. The highest BCUT2D eigenvalue weighted by atomic mass is 35.5. The number of amides is 3. The minimum atomic E-state index is -1.99. The number of halogens is 15. The lowest BCUT2D eigenvalue weighted by Crippen LogP contribution is -2.54. The van der Waals surface area contributed by atoms with Crippen LogP contribution in [0.3, 0.4) is 0 Å². The van der Waals surface area contributed by atoms with Crippen molar-refractivity contribution < 1.29 is 69.2 Å². The van der Waals surface area contributed by atoms with E-state index in [1.165, 1.54) is 50.1 Å². The van der Waals surface area contributed by atoms with Crippen LogP contribution in [0, 0.1) is 107 Å². The second-order valence-corrected chi connectivity index (χ2v) is 35.9. The van der Waals surface area contributed by atoms with E-state index in [9.17, 15) is 99.4 Å². The zero-order chi connectivity index (χ0) is 101. The number of hydrogen-bond donors (Lipinski definition) is 3. The standard InChI is InChI=1S/3C32H27Cl2F3N6O3/c3*1-6-20(44)42-10-9-41(13-16(42)5)29-17-11-19(33)27(21-22(34)23(35)24(36)25(37)30(21)45)40-31(17)43(32(46)18(29)12-38)28-15(4)7-8-39-26(28)14(2)3/h3*6-8,11,14,16,45H,1,9-10,13H2,2-5H3/t3*16-/m111/s1. The first-order valence-corrected chi connectivity index (χ1v) is 44.7. The van der Waals surface area contributed by atoms with E-state index in [1.807, 2.05) is 80.5 Å². The Labute approximate surface area is 811 Å². The highest BCUT2D eigenvalue weighted by molar-refractivity contribution is 6.39. The minimum Gasteiger partial charge on any atom is -0.504 e. The molecule has 42 heteroatoms. The van der Waals surface area contributed by atoms with Gasteiger partial charge in [-0.3, -0.25) is 57.4 Å². The molecule has 3 amide bonds. The molecule has 12 heterocycles. The van der Waals surface area contributed by atoms with Gasteiger partial charge in [-0.25, -0.2) is 41.3 Å². The van der Waals surface area contributed by atoms with Crippen molar-refractivity contribution in [1.82, 2.24) is 58.3 Å². The summed E-state index contributed by atoms with van der Waals surface area (Å²) in [5, 5.41) is 59.8. The van der Waals surface area contributed by atoms with Crippen molar-refractivity contribution in [3.8, 4) is 86.3 Å². The number of aromatic nitrogens is 9. The molecule has 0 unspecified atom stereocenters. The highest BCUT2D eigenvalue weighted by Gasteiger charge is 2.40. The first-order chi connectivity index (χ1) is 65.2. The molecule has 0 aliphatic carbocycles. The molecule has 9 aromatic heterocycles. The maximum Gasteiger partial charge on any atom is 0.276 e. The van der Waals surface area contributed by atoms with E-state index in [4.69, 9.17) is 69.6 Å². The number of nitrogens with zero attached hydrogens (tertiary/aromatic N) is 18. The molecule has 714 valence electrons. The number of carbonyl (C=O) groups excluding carboxylic acids is 3. The fourth-order valence-corrected chi connectivity index (χ4v) is 18.9. The fraction of sp³-hybridized carbons (Fsp3) is 0.281. The summed E-state index contributed by atoms with van der Waals surface area (Å²) in [5.41, 5.74) is -2.12. The summed E-state index contributed by atoms with van der Waals surface area (Å²) in [6, 6.07) is 14.1. The van der Waals surface area contributed by atoms with Crippen molar-refractivity contribution in [2.24, 2.45) is 0 Å². The molecular formula is C96H81Cl6F9N18O9. The van der Waals surface area contributed by atoms with Crippen molar-refractivity contribution in [3.63, 3.8) is 0 Å². The van der Waals surface area contributed by atoms with Gasteiger partial charge in [0.25, 0.3) is 16.7 Å². The Balaban J connectivity index is 0.000000175. The summed E-state index contributed by atoms with van der Waals surface area (Å²) in [6.07, 6.45) is 8.34. The molecule has 12 aromatic rings. The van der Waals surface area contributed by atoms with Gasteiger partial charge < -0.3 is 44.7 Å². The van der Waals surface area contributed by atoms with Crippen molar-refractivity contribution in [2.75, 3.05) is 73.6 Å². The molecule has 3 aliphatic rings. The molecule has 0 bridgehead atoms. The Bertz CT molecular complexity index is 6790. The molecule has 15 rings (SSSR count). The van der Waals surface area contributed by atoms with Gasteiger partial charge in [0.2, 0.25) is 35.2 Å². The number of carbonyl (C=O) groups is 3. The van der Waals surface area contributed by atoms with Gasteiger partial charge in [0.1, 0.15) is 51.8 Å². The summed E-state index contributed by atoms with van der Waals surface area (Å²) in [6.45, 7) is 34.5. The molecule has 138 heavy (non-hydrogen) atoms. The lowest BCUT2D eigenvalue weighted by molar-refractivity contribution is -0.129. The van der Waals surface area contributed by atoms with E-state index >= 15 is 0 Å². The Morgan fingerprint density at radius 2 is 0.630 bits per heavy atom. The zero-order valence-electron chi connectivity index (χ0n) is 75.4. The van der Waals surface area contributed by atoms with E-state index in [1.54, 1.807) is 87.0 Å². The van der Waals surface area contributed by atoms with Gasteiger partial charge in [0.15, 0.2) is 52.2 Å². The Hall–Kier alpha value is -13.8. The molecule has 3 aromatic carbocycles. The second kappa shape index (κ2) is 40.1. The third-order valence-corrected chi connectivity index (χ3v) is 25.9. The van der Waals surface area contributed by atoms with Crippen LogP contribution in [0.1, 0.15) is 131 Å². The normalized spacial score (nSPS) is 15.0. The molecular weight excluding hydrogens is 1930 g/mol. The van der Waals surface area contributed by atoms with Crippen LogP contribution < -0.4 is 31.4 Å². The number of aryl methyl sites for hydroxylation is 3. The predicted molar refractivity (Wildman–Crippen MR) is 508 cm³/mol. The molecule has 0 spiro atoms. The number of piperazine rings is 3. The van der Waals surface area contributed by atoms with Crippen LogP contribution in [0.2, 0.25) is 30.1 Å². The average molecular weight is 2010 g/mol. The highest BCUT2D eigenvalue weighted by Crippen LogP contribution is 2.50. The van der Waals surface area contributed by atoms with Crippen molar-refractivity contribution in [2.45, 2.75) is 119 Å². The van der Waals surface area contributed by atoms with Crippen LogP contribution in [0.4, 0.5) is 56.6 Å². The molecule has 3 fully saturated rings. The smallest absolute Gasteiger partial charge is 0.276 e. The zero-order valence-corrected chi connectivity index (χ0v) is 79.9. The number of fused-ring (bicyclic) bond motifs is 3. The molecule has 3 atom stereocenters. The number of benzene rings is 3. The summed E-state index contributed by atoms with van der Waals surface area (Å²) >= 11 is 38.2. The second-order valence-electron chi connectivity index (χ2n) is 33.6. The number of phenolic OH excluding ortho intramolecular Hbond substituents is 3. The van der Waals surface area contributed by atoms with E-state index in [-0.39, 0.29) is 194 Å². The number of aromatic hydroxyl groups is 3. The molecule has 27 nitrogen and oxygen atoms in total. The van der Waals surface area contributed by atoms with Crippen molar-refractivity contribution >= 4 is 137 Å². The van der Waals surface area contributed by atoms with E-state index in [0.717, 1.165) is 0 Å². The Morgan fingerprint density at radius 3 is 0.833 bits per heavy atom. The van der Waals surface area contributed by atoms with Crippen molar-refractivity contribution in [1.29, 1.82) is 15.8 Å². The van der Waals surface area contributed by atoms with Gasteiger partial charge >= 0.3 is 0 Å². The third-order valence-electron chi connectivity index (χ3n) is 24.0. The number of rotatable bonds is 15. The number of phenols is 3. The van der Waals surface area contributed by atoms with Crippen LogP contribution in [0.15, 0.2) is 107 Å². The number of anilines is 3. The average Bonchev–Trinajstić information content (AvgIpc) is 0.726. The van der Waals surface area contributed by atoms with E-state index in [0.29, 0.717) is 50.8 Å². The van der Waals surface area contributed by atoms with Crippen LogP contribution in [-0.4, -0.2) is 168 Å². The van der Waals surface area contributed by atoms with Gasteiger partial charge in [-0.15, -0.1) is 0 Å². The molecule has 3 N–H and O–H groups in total. The third kappa shape index (κ3) is 17.6. The van der Waals surface area contributed by atoms with Crippen molar-refractivity contribution in [3.05, 3.63) is 257 Å². The monoisotopic (exact) mass is 2010 g/mol. The first-order valence-electron chi connectivity index (χ1n) is 42.4. The van der Waals surface area contributed by atoms with Gasteiger partial charge in [-0.05, 0) is 131 Å². The SMILES string of the molecule is C=CC(=O)N1CCN(c2c(C#N)c(=O)n(-c3c(C)ccnc3C(C)C)c3nc(-c4c(O)c(F)c(F)c(F)c4Cl)c(Cl)cc23)C[C@H]1C.C=CC(=O)N1CCN(c2c(C#N)c(=O)n(-c3c(C)ccnc3C(C)C)c3nc(-c4c(O)c(F)c(F)c(F)c4Cl)c(Cl)cc23)C[C@H]1C.C=CC(=O)N1CCN(c2c(C#N)c(=O)n(-c3c(C)ccnc3C(C)C)c3nc(-c4c(O)c(F)c(F)c(F)c4Cl)c(Cl)cc23)C[C@H]1C. The largest absolute Gasteiger partial charge is 0.504 e. The fourth-order valence-electron chi connectivity index (χ4n) is 17.4. The summed E-state index contributed by atoms with van der Waals surface area (Å²) in [4.78, 5) is 118. The number of pyridine rings is 9. The van der Waals surface area contributed by atoms with Gasteiger partial charge in [-0.2, -0.15) is 29.0 Å². The Morgan fingerprint density at radius 1 is 0.399 bits per heavy atom. The van der Waals surface area contributed by atoms with Crippen LogP contribution in [0.5, 0.6) is 17.2 Å². The lowest BCUT2D eigenvalue weighted by atomic mass is 10.0. The summed E-state index contributed by atoms with van der Waals surface area (Å²) in [7, 11) is 0. The van der Waals surface area contributed by atoms with E-state index < -0.39 is 135 Å². The minimum absolute atomic E-state index is 0.103. The van der Waals surface area contributed by atoms with E-state index in [2.05, 4.69) is 49.6 Å². The number of nitriles is 3. The number of hydrogen-bond acceptors (Lipinski definition) is 21. The predicted octanol–water partition coefficient (Wildman–Crippen LogP) is 19.2. The molecule has 3 saturated heterocycles. The van der Waals surface area contributed by atoms with Gasteiger partial charge in [0.05, 0.1) is 115 Å². The van der Waals surface area contributed by atoms with Gasteiger partial charge in [-0.1, -0.05) is 131 Å². The maximum absolute atomic E-state index is 14.7. The summed E-state index contributed by atoms with van der Waals surface area (Å²) in [5.74, 6) is -22.4. The van der Waals surface area contributed by atoms with Crippen LogP contribution in [0.25, 0.3) is 83.9 Å². The topological polar surface area (TPSA) is 346 Å². The lowest BCUT2D eigenvalue weighted by Gasteiger charge is -2.41. The molecule has 0 saturated carbocycles. The molecule has 3 aliphatic heterocycles. The quantitative estimate of drug-likeness (QED) is 0.0371. The van der Waals surface area contributed by atoms with Crippen LogP contribution >= 0.6 is 69.6 Å². The Kier molecular flexibility index (Phi) is 29.5.